The van der Waals surface area contributed by atoms with Gasteiger partial charge in [-0.3, -0.25) is 9.67 Å². The van der Waals surface area contributed by atoms with Crippen LogP contribution in [0.3, 0.4) is 0 Å². The maximum atomic E-state index is 12.3. The highest BCUT2D eigenvalue weighted by molar-refractivity contribution is 14.0. The lowest BCUT2D eigenvalue weighted by Crippen LogP contribution is -2.37. The molecular weight excluding hydrogens is 466 g/mol. The van der Waals surface area contributed by atoms with E-state index < -0.39 is 12.8 Å². The molecule has 2 aromatic rings. The van der Waals surface area contributed by atoms with Crippen molar-refractivity contribution in [2.45, 2.75) is 19.3 Å². The summed E-state index contributed by atoms with van der Waals surface area (Å²) in [6.07, 6.45) is -1.61. The van der Waals surface area contributed by atoms with Crippen molar-refractivity contribution in [3.05, 3.63) is 36.0 Å². The largest absolute Gasteiger partial charge is 0.468 e. The Kier molecular flexibility index (Phi) is 8.54. The Hall–Kier alpha value is -2.12. The van der Waals surface area contributed by atoms with E-state index in [-0.39, 0.29) is 36.4 Å². The number of nitrogens with zero attached hydrogens (tertiary/aromatic N) is 5. The summed E-state index contributed by atoms with van der Waals surface area (Å²) in [6.45, 7) is -0.809. The van der Waals surface area contributed by atoms with Crippen LogP contribution in [0.1, 0.15) is 11.4 Å². The van der Waals surface area contributed by atoms with Crippen molar-refractivity contribution in [3.8, 4) is 5.88 Å². The molecule has 0 aliphatic rings. The van der Waals surface area contributed by atoms with Gasteiger partial charge in [0.1, 0.15) is 12.2 Å². The minimum atomic E-state index is -4.42. The molecular formula is C14H19F3IN7O. The molecule has 0 radical (unpaired) electrons. The number of rotatable bonds is 6. The Labute approximate surface area is 165 Å². The standard InChI is InChI=1S/C14H18F3N7O.HI/c1-18-13(21-7-11-22-9-23-24(11)2)20-6-10-4-3-5-19-12(10)25-8-14(15,16)17;/h3-5,9H,6-8H2,1-2H3,(H2,18,20,21);1H. The van der Waals surface area contributed by atoms with E-state index >= 15 is 0 Å². The smallest absolute Gasteiger partial charge is 0.422 e. The number of hydrogen-bond acceptors (Lipinski definition) is 5. The second kappa shape index (κ2) is 10.1. The van der Waals surface area contributed by atoms with Crippen LogP contribution in [-0.2, 0) is 20.1 Å². The Balaban J connectivity index is 0.00000338. The summed E-state index contributed by atoms with van der Waals surface area (Å²) in [5, 5.41) is 9.97. The molecule has 0 atom stereocenters. The van der Waals surface area contributed by atoms with E-state index in [4.69, 9.17) is 4.74 Å². The molecule has 0 fully saturated rings. The molecule has 0 unspecified atom stereocenters. The van der Waals surface area contributed by atoms with Crippen molar-refractivity contribution in [1.29, 1.82) is 0 Å². The first-order valence-electron chi connectivity index (χ1n) is 7.30. The Morgan fingerprint density at radius 3 is 2.62 bits per heavy atom. The molecule has 0 amide bonds. The predicted molar refractivity (Wildman–Crippen MR) is 99.2 cm³/mol. The molecule has 2 N–H and O–H groups in total. The summed E-state index contributed by atoms with van der Waals surface area (Å²) in [7, 11) is 3.34. The quantitative estimate of drug-likeness (QED) is 0.368. The number of pyridine rings is 1. The fourth-order valence-corrected chi connectivity index (χ4v) is 1.88. The van der Waals surface area contributed by atoms with E-state index in [1.54, 1.807) is 30.9 Å². The molecule has 0 aliphatic carbocycles. The number of aliphatic imine (C=N–C) groups is 1. The van der Waals surface area contributed by atoms with E-state index in [0.717, 1.165) is 0 Å². The predicted octanol–water partition coefficient (Wildman–Crippen LogP) is 1.63. The summed E-state index contributed by atoms with van der Waals surface area (Å²) in [4.78, 5) is 12.0. The summed E-state index contributed by atoms with van der Waals surface area (Å²) < 4.78 is 43.3. The number of alkyl halides is 3. The van der Waals surface area contributed by atoms with Crippen molar-refractivity contribution in [2.75, 3.05) is 13.7 Å². The highest BCUT2D eigenvalue weighted by atomic mass is 127. The molecule has 0 saturated heterocycles. The molecule has 8 nitrogen and oxygen atoms in total. The topological polar surface area (TPSA) is 89.2 Å². The van der Waals surface area contributed by atoms with Crippen molar-refractivity contribution < 1.29 is 17.9 Å². The van der Waals surface area contributed by atoms with Crippen LogP contribution in [0.4, 0.5) is 13.2 Å². The van der Waals surface area contributed by atoms with Gasteiger partial charge in [-0.2, -0.15) is 18.3 Å². The fourth-order valence-electron chi connectivity index (χ4n) is 1.88. The number of nitrogens with one attached hydrogen (secondary N) is 2. The van der Waals surface area contributed by atoms with Crippen LogP contribution in [0, 0.1) is 0 Å². The van der Waals surface area contributed by atoms with Crippen LogP contribution in [0.5, 0.6) is 5.88 Å². The molecule has 0 spiro atoms. The second-order valence-electron chi connectivity index (χ2n) is 4.95. The zero-order valence-electron chi connectivity index (χ0n) is 14.1. The van der Waals surface area contributed by atoms with Crippen molar-refractivity contribution >= 4 is 29.9 Å². The Morgan fingerprint density at radius 1 is 1.27 bits per heavy atom. The first kappa shape index (κ1) is 21.9. The first-order valence-corrected chi connectivity index (χ1v) is 7.30. The van der Waals surface area contributed by atoms with E-state index in [9.17, 15) is 13.2 Å². The van der Waals surface area contributed by atoms with Gasteiger partial charge in [0, 0.05) is 32.4 Å². The lowest BCUT2D eigenvalue weighted by atomic mass is 10.2. The summed E-state index contributed by atoms with van der Waals surface area (Å²) >= 11 is 0. The molecule has 0 bridgehead atoms. The number of halogens is 4. The minimum absolute atomic E-state index is 0. The van der Waals surface area contributed by atoms with E-state index in [0.29, 0.717) is 23.9 Å². The van der Waals surface area contributed by atoms with Crippen molar-refractivity contribution in [3.63, 3.8) is 0 Å². The molecule has 2 heterocycles. The summed E-state index contributed by atoms with van der Waals surface area (Å²) in [5.41, 5.74) is 0.480. The molecule has 0 saturated carbocycles. The SMILES string of the molecule is CN=C(NCc1cccnc1OCC(F)(F)F)NCc1ncnn1C.I. The molecule has 0 aromatic carbocycles. The monoisotopic (exact) mass is 485 g/mol. The molecule has 0 aliphatic heterocycles. The van der Waals surface area contributed by atoms with Gasteiger partial charge in [-0.05, 0) is 6.07 Å². The molecule has 2 rings (SSSR count). The third kappa shape index (κ3) is 7.01. The maximum absolute atomic E-state index is 12.3. The Bertz CT molecular complexity index is 721. The van der Waals surface area contributed by atoms with Gasteiger partial charge in [0.2, 0.25) is 5.88 Å². The number of guanidine groups is 1. The van der Waals surface area contributed by atoms with Gasteiger partial charge < -0.3 is 15.4 Å². The lowest BCUT2D eigenvalue weighted by Gasteiger charge is -2.14. The van der Waals surface area contributed by atoms with Gasteiger partial charge in [0.15, 0.2) is 12.6 Å². The van der Waals surface area contributed by atoms with Gasteiger partial charge in [-0.15, -0.1) is 24.0 Å². The first-order chi connectivity index (χ1) is 11.9. The Morgan fingerprint density at radius 2 is 2.00 bits per heavy atom. The number of ether oxygens (including phenoxy) is 1. The van der Waals surface area contributed by atoms with E-state index in [2.05, 4.69) is 30.7 Å². The van der Waals surface area contributed by atoms with Crippen LogP contribution in [0.15, 0.2) is 29.6 Å². The van der Waals surface area contributed by atoms with Gasteiger partial charge in [0.25, 0.3) is 0 Å². The number of aryl methyl sites for hydroxylation is 1. The summed E-state index contributed by atoms with van der Waals surface area (Å²) in [6, 6.07) is 3.24. The molecule has 26 heavy (non-hydrogen) atoms. The van der Waals surface area contributed by atoms with Crippen molar-refractivity contribution in [2.24, 2.45) is 12.0 Å². The third-order valence-corrected chi connectivity index (χ3v) is 3.11. The van der Waals surface area contributed by atoms with Gasteiger partial charge in [0.05, 0.1) is 6.54 Å². The highest BCUT2D eigenvalue weighted by Gasteiger charge is 2.29. The molecule has 12 heteroatoms. The third-order valence-electron chi connectivity index (χ3n) is 3.11. The van der Waals surface area contributed by atoms with Crippen LogP contribution in [0.25, 0.3) is 0 Å². The van der Waals surface area contributed by atoms with Crippen LogP contribution >= 0.6 is 24.0 Å². The normalized spacial score (nSPS) is 11.7. The lowest BCUT2D eigenvalue weighted by molar-refractivity contribution is -0.154. The second-order valence-corrected chi connectivity index (χ2v) is 4.95. The van der Waals surface area contributed by atoms with E-state index in [1.165, 1.54) is 12.5 Å². The van der Waals surface area contributed by atoms with Gasteiger partial charge in [-0.1, -0.05) is 6.07 Å². The average molecular weight is 485 g/mol. The zero-order chi connectivity index (χ0) is 18.3. The number of aromatic nitrogens is 4. The fraction of sp³-hybridized carbons (Fsp3) is 0.429. The summed E-state index contributed by atoms with van der Waals surface area (Å²) in [5.74, 6) is 1.09. The average Bonchev–Trinajstić information content (AvgIpc) is 2.98. The van der Waals surface area contributed by atoms with E-state index in [1.807, 2.05) is 0 Å². The maximum Gasteiger partial charge on any atom is 0.422 e. The van der Waals surface area contributed by atoms with Crippen molar-refractivity contribution in [1.82, 2.24) is 30.4 Å². The molecule has 144 valence electrons. The van der Waals surface area contributed by atoms with Crippen LogP contribution < -0.4 is 15.4 Å². The number of hydrogen-bond donors (Lipinski definition) is 2. The zero-order valence-corrected chi connectivity index (χ0v) is 16.4. The van der Waals surface area contributed by atoms with Crippen LogP contribution in [-0.4, -0.2) is 45.5 Å². The minimum Gasteiger partial charge on any atom is -0.468 e. The molecule has 2 aromatic heterocycles. The highest BCUT2D eigenvalue weighted by Crippen LogP contribution is 2.19. The van der Waals surface area contributed by atoms with Gasteiger partial charge in [-0.25, -0.2) is 9.97 Å². The van der Waals surface area contributed by atoms with Crippen LogP contribution in [0.2, 0.25) is 0 Å². The van der Waals surface area contributed by atoms with Gasteiger partial charge >= 0.3 is 6.18 Å².